The first kappa shape index (κ1) is 21.9. The molecule has 0 aromatic heterocycles. The van der Waals surface area contributed by atoms with Gasteiger partial charge < -0.3 is 15.2 Å². The minimum atomic E-state index is -0.0245. The molecular weight excluding hydrogens is 432 g/mol. The number of hydrogen-bond acceptors (Lipinski definition) is 7. The average molecular weight is 463 g/mol. The standard InChI is InChI=1S/C25H30N6OS/c1-15-8-9-19(12-18(15)4)20-13-21-24-27-28-25(30(24)10-11-31(21)29-20)33-14-22(32)26-23-16(2)6-5-7-17(23)3/h5-12,20-21,24,27,29H,13-14H2,1-4H3,(H,26,32). The Labute approximate surface area is 199 Å². The number of hydrazone groups is 1. The second-order valence-corrected chi connectivity index (χ2v) is 9.96. The number of nitrogens with zero attached hydrogens (tertiary/aromatic N) is 3. The van der Waals surface area contributed by atoms with Gasteiger partial charge in [-0.2, -0.15) is 5.10 Å². The van der Waals surface area contributed by atoms with Crippen molar-refractivity contribution in [3.05, 3.63) is 76.6 Å². The zero-order chi connectivity index (χ0) is 23.1. The molecule has 0 radical (unpaired) electrons. The summed E-state index contributed by atoms with van der Waals surface area (Å²) in [4.78, 5) is 14.7. The molecule has 0 bridgehead atoms. The number of carbonyl (C=O) groups excluding carboxylic acids is 1. The lowest BCUT2D eigenvalue weighted by Gasteiger charge is -2.36. The smallest absolute Gasteiger partial charge is 0.234 e. The molecule has 1 amide bonds. The van der Waals surface area contributed by atoms with Gasteiger partial charge in [0.25, 0.3) is 0 Å². The molecule has 5 rings (SSSR count). The van der Waals surface area contributed by atoms with E-state index in [0.29, 0.717) is 5.75 Å². The summed E-state index contributed by atoms with van der Waals surface area (Å²) < 4.78 is 0. The number of benzene rings is 2. The third-order valence-electron chi connectivity index (χ3n) is 6.72. The highest BCUT2D eigenvalue weighted by atomic mass is 32.2. The van der Waals surface area contributed by atoms with E-state index >= 15 is 0 Å². The molecule has 3 heterocycles. The predicted octanol–water partition coefficient (Wildman–Crippen LogP) is 3.90. The Kier molecular flexibility index (Phi) is 5.80. The number of rotatable bonds is 4. The van der Waals surface area contributed by atoms with Crippen LogP contribution in [0.25, 0.3) is 0 Å². The maximum atomic E-state index is 12.6. The first-order chi connectivity index (χ1) is 15.9. The SMILES string of the molecule is Cc1ccc(C2CC3C4NN=C(SCC(=O)Nc5c(C)cccc5C)N4C=CN3N2)cc1C. The topological polar surface area (TPSA) is 72.0 Å². The lowest BCUT2D eigenvalue weighted by atomic mass is 9.97. The molecule has 2 aromatic rings. The van der Waals surface area contributed by atoms with Crippen molar-refractivity contribution in [2.45, 2.75) is 52.4 Å². The average Bonchev–Trinajstić information content (AvgIpc) is 3.40. The van der Waals surface area contributed by atoms with E-state index in [9.17, 15) is 4.79 Å². The van der Waals surface area contributed by atoms with Gasteiger partial charge in [-0.3, -0.25) is 10.2 Å². The minimum Gasteiger partial charge on any atom is -0.325 e. The van der Waals surface area contributed by atoms with Crippen molar-refractivity contribution in [1.82, 2.24) is 20.8 Å². The molecule has 0 saturated carbocycles. The van der Waals surface area contributed by atoms with Gasteiger partial charge in [0.15, 0.2) is 5.17 Å². The van der Waals surface area contributed by atoms with E-state index in [-0.39, 0.29) is 24.2 Å². The number of hydrogen-bond donors (Lipinski definition) is 3. The van der Waals surface area contributed by atoms with Gasteiger partial charge in [-0.25, -0.2) is 5.43 Å². The number of hydrazine groups is 1. The number of amidine groups is 1. The van der Waals surface area contributed by atoms with Crippen LogP contribution in [-0.2, 0) is 4.79 Å². The third kappa shape index (κ3) is 4.20. The molecule has 3 unspecified atom stereocenters. The Hall–Kier alpha value is -2.97. The minimum absolute atomic E-state index is 0.0245. The fourth-order valence-corrected chi connectivity index (χ4v) is 5.44. The van der Waals surface area contributed by atoms with Crippen LogP contribution in [0.4, 0.5) is 5.69 Å². The van der Waals surface area contributed by atoms with Crippen LogP contribution < -0.4 is 16.2 Å². The van der Waals surface area contributed by atoms with Crippen LogP contribution in [0.1, 0.15) is 40.3 Å². The first-order valence-electron chi connectivity index (χ1n) is 11.3. The fourth-order valence-electron chi connectivity index (χ4n) is 4.67. The molecule has 2 aromatic carbocycles. The Morgan fingerprint density at radius 3 is 2.64 bits per heavy atom. The highest BCUT2D eigenvalue weighted by molar-refractivity contribution is 8.14. The van der Waals surface area contributed by atoms with Crippen LogP contribution >= 0.6 is 11.8 Å². The van der Waals surface area contributed by atoms with E-state index < -0.39 is 0 Å². The van der Waals surface area contributed by atoms with Crippen molar-refractivity contribution in [2.24, 2.45) is 5.10 Å². The van der Waals surface area contributed by atoms with Crippen molar-refractivity contribution in [3.63, 3.8) is 0 Å². The molecule has 0 spiro atoms. The predicted molar refractivity (Wildman–Crippen MR) is 134 cm³/mol. The summed E-state index contributed by atoms with van der Waals surface area (Å²) in [6, 6.07) is 13.2. The number of para-hydroxylation sites is 1. The van der Waals surface area contributed by atoms with E-state index in [4.69, 9.17) is 0 Å². The largest absolute Gasteiger partial charge is 0.325 e. The normalized spacial score (nSPS) is 23.2. The van der Waals surface area contributed by atoms with Crippen LogP contribution in [-0.4, -0.2) is 38.9 Å². The molecule has 3 aliphatic rings. The molecule has 7 nitrogen and oxygen atoms in total. The quantitative estimate of drug-likeness (QED) is 0.640. The van der Waals surface area contributed by atoms with Crippen LogP contribution in [0.3, 0.4) is 0 Å². The molecule has 3 N–H and O–H groups in total. The summed E-state index contributed by atoms with van der Waals surface area (Å²) in [6.07, 6.45) is 5.12. The molecule has 1 fully saturated rings. The Morgan fingerprint density at radius 2 is 1.88 bits per heavy atom. The summed E-state index contributed by atoms with van der Waals surface area (Å²) in [5, 5.41) is 10.6. The van der Waals surface area contributed by atoms with Gasteiger partial charge in [0.2, 0.25) is 5.91 Å². The van der Waals surface area contributed by atoms with E-state index in [1.54, 1.807) is 0 Å². The summed E-state index contributed by atoms with van der Waals surface area (Å²) in [5.41, 5.74) is 13.9. The lowest BCUT2D eigenvalue weighted by molar-refractivity contribution is -0.113. The molecule has 3 aliphatic heterocycles. The third-order valence-corrected chi connectivity index (χ3v) is 7.68. The van der Waals surface area contributed by atoms with E-state index in [0.717, 1.165) is 28.4 Å². The van der Waals surface area contributed by atoms with E-state index in [2.05, 4.69) is 69.4 Å². The van der Waals surface area contributed by atoms with Gasteiger partial charge in [0.05, 0.1) is 17.8 Å². The number of aryl methyl sites for hydroxylation is 4. The molecule has 33 heavy (non-hydrogen) atoms. The fraction of sp³-hybridized carbons (Fsp3) is 0.360. The van der Waals surface area contributed by atoms with Crippen LogP contribution in [0.2, 0.25) is 0 Å². The molecule has 172 valence electrons. The lowest BCUT2D eigenvalue weighted by Crippen LogP contribution is -2.54. The van der Waals surface area contributed by atoms with Crippen molar-refractivity contribution in [2.75, 3.05) is 11.1 Å². The van der Waals surface area contributed by atoms with Gasteiger partial charge in [0, 0.05) is 18.1 Å². The van der Waals surface area contributed by atoms with E-state index in [1.165, 1.54) is 28.5 Å². The second-order valence-electron chi connectivity index (χ2n) is 9.01. The van der Waals surface area contributed by atoms with Crippen LogP contribution in [0.5, 0.6) is 0 Å². The van der Waals surface area contributed by atoms with Crippen molar-refractivity contribution in [3.8, 4) is 0 Å². The Bertz CT molecular complexity index is 1130. The zero-order valence-corrected chi connectivity index (χ0v) is 20.2. The highest BCUT2D eigenvalue weighted by Crippen LogP contribution is 2.35. The van der Waals surface area contributed by atoms with Gasteiger partial charge in [-0.15, -0.1) is 0 Å². The number of carbonyl (C=O) groups is 1. The monoisotopic (exact) mass is 462 g/mol. The Balaban J connectivity index is 1.20. The summed E-state index contributed by atoms with van der Waals surface area (Å²) in [7, 11) is 0. The molecule has 3 atom stereocenters. The van der Waals surface area contributed by atoms with Crippen LogP contribution in [0, 0.1) is 27.7 Å². The highest BCUT2D eigenvalue weighted by Gasteiger charge is 2.44. The molecule has 0 aliphatic carbocycles. The molecular formula is C25H30N6OS. The van der Waals surface area contributed by atoms with Gasteiger partial charge in [-0.05, 0) is 61.9 Å². The Morgan fingerprint density at radius 1 is 1.09 bits per heavy atom. The number of anilines is 1. The summed E-state index contributed by atoms with van der Waals surface area (Å²) in [6.45, 7) is 8.33. The number of thioether (sulfide) groups is 1. The van der Waals surface area contributed by atoms with Crippen molar-refractivity contribution >= 4 is 28.5 Å². The molecule has 8 heteroatoms. The van der Waals surface area contributed by atoms with Gasteiger partial charge >= 0.3 is 0 Å². The molecule has 1 saturated heterocycles. The maximum Gasteiger partial charge on any atom is 0.234 e. The van der Waals surface area contributed by atoms with Gasteiger partial charge in [0.1, 0.15) is 6.17 Å². The van der Waals surface area contributed by atoms with Crippen molar-refractivity contribution in [1.29, 1.82) is 0 Å². The summed E-state index contributed by atoms with van der Waals surface area (Å²) >= 11 is 1.45. The van der Waals surface area contributed by atoms with Gasteiger partial charge in [-0.1, -0.05) is 48.2 Å². The number of fused-ring (bicyclic) bond motifs is 3. The first-order valence-corrected chi connectivity index (χ1v) is 12.3. The number of nitrogens with one attached hydrogen (secondary N) is 3. The zero-order valence-electron chi connectivity index (χ0n) is 19.4. The van der Waals surface area contributed by atoms with E-state index in [1.807, 2.05) is 38.2 Å². The van der Waals surface area contributed by atoms with Crippen LogP contribution in [0.15, 0.2) is 53.9 Å². The number of amides is 1. The second kappa shape index (κ2) is 8.76. The maximum absolute atomic E-state index is 12.6. The van der Waals surface area contributed by atoms with Crippen molar-refractivity contribution < 1.29 is 4.79 Å². The summed E-state index contributed by atoms with van der Waals surface area (Å²) in [5.74, 6) is 0.284.